The van der Waals surface area contributed by atoms with E-state index in [0.29, 0.717) is 47.9 Å². The topological polar surface area (TPSA) is 85.1 Å². The number of nitrogen functional groups attached to an aromatic ring is 1. The number of esters is 1. The molecular weight excluding hydrogens is 498 g/mol. The summed E-state index contributed by atoms with van der Waals surface area (Å²) in [6, 6.07) is 16.2. The van der Waals surface area contributed by atoms with Gasteiger partial charge in [0, 0.05) is 36.6 Å². The van der Waals surface area contributed by atoms with Crippen molar-refractivity contribution in [3.8, 4) is 5.75 Å². The molecule has 1 amide bonds. The number of carbonyl (C=O) groups excluding carboxylic acids is 2. The summed E-state index contributed by atoms with van der Waals surface area (Å²) >= 11 is 1.47. The molecule has 0 aliphatic carbocycles. The van der Waals surface area contributed by atoms with Gasteiger partial charge in [0.1, 0.15) is 16.4 Å². The molecule has 5 rings (SSSR count). The lowest BCUT2D eigenvalue weighted by Crippen LogP contribution is -2.48. The first-order valence-corrected chi connectivity index (χ1v) is 13.8. The Bertz CT molecular complexity index is 1360. The molecule has 0 bridgehead atoms. The lowest BCUT2D eigenvalue weighted by Gasteiger charge is -2.41. The summed E-state index contributed by atoms with van der Waals surface area (Å²) in [6.07, 6.45) is 0.603. The number of thiophene rings is 1. The summed E-state index contributed by atoms with van der Waals surface area (Å²) in [4.78, 5) is 32.1. The van der Waals surface area contributed by atoms with E-state index in [1.807, 2.05) is 62.1 Å². The minimum Gasteiger partial charge on any atom is -0.496 e. The van der Waals surface area contributed by atoms with Crippen LogP contribution in [0, 0.1) is 0 Å². The van der Waals surface area contributed by atoms with Crippen molar-refractivity contribution >= 4 is 28.2 Å². The number of nitrogens with zero attached hydrogens (tertiary/aromatic N) is 2. The summed E-state index contributed by atoms with van der Waals surface area (Å²) in [5.41, 5.74) is 10.0. The van der Waals surface area contributed by atoms with Crippen LogP contribution < -0.4 is 10.5 Å². The fourth-order valence-electron chi connectivity index (χ4n) is 5.58. The fraction of sp³-hybridized carbons (Fsp3) is 0.400. The third kappa shape index (κ3) is 4.90. The number of benzene rings is 2. The van der Waals surface area contributed by atoms with E-state index in [4.69, 9.17) is 15.2 Å². The van der Waals surface area contributed by atoms with E-state index in [9.17, 15) is 9.59 Å². The zero-order valence-corrected chi connectivity index (χ0v) is 23.4. The average molecular weight is 534 g/mol. The lowest BCUT2D eigenvalue weighted by molar-refractivity contribution is 0.00676. The number of fused-ring (bicyclic) bond motifs is 2. The molecule has 3 heterocycles. The molecule has 7 nitrogen and oxygen atoms in total. The molecule has 1 aromatic heterocycles. The summed E-state index contributed by atoms with van der Waals surface area (Å²) in [5.74, 6) is 0.200. The number of hydrogen-bond acceptors (Lipinski definition) is 7. The van der Waals surface area contributed by atoms with Crippen LogP contribution in [0.15, 0.2) is 48.5 Å². The van der Waals surface area contributed by atoms with Gasteiger partial charge in [-0.3, -0.25) is 9.69 Å². The van der Waals surface area contributed by atoms with Gasteiger partial charge >= 0.3 is 5.97 Å². The van der Waals surface area contributed by atoms with Crippen LogP contribution in [0.5, 0.6) is 5.75 Å². The predicted molar refractivity (Wildman–Crippen MR) is 150 cm³/mol. The number of methoxy groups -OCH3 is 1. The minimum absolute atomic E-state index is 0.0165. The summed E-state index contributed by atoms with van der Waals surface area (Å²) in [7, 11) is 1.59. The van der Waals surface area contributed by atoms with Crippen molar-refractivity contribution < 1.29 is 19.1 Å². The molecular formula is C30H35N3O4S. The van der Waals surface area contributed by atoms with Gasteiger partial charge in [-0.15, -0.1) is 11.3 Å². The van der Waals surface area contributed by atoms with Crippen LogP contribution in [0.4, 0.5) is 5.00 Å². The Morgan fingerprint density at radius 1 is 1.13 bits per heavy atom. The maximum Gasteiger partial charge on any atom is 0.341 e. The van der Waals surface area contributed by atoms with Crippen LogP contribution in [0.2, 0.25) is 0 Å². The van der Waals surface area contributed by atoms with Gasteiger partial charge in [-0.05, 0) is 56.9 Å². The molecule has 0 saturated heterocycles. The van der Waals surface area contributed by atoms with Crippen molar-refractivity contribution in [3.05, 3.63) is 81.2 Å². The second kappa shape index (κ2) is 10.1. The van der Waals surface area contributed by atoms with Gasteiger partial charge in [0.25, 0.3) is 5.91 Å². The predicted octanol–water partition coefficient (Wildman–Crippen LogP) is 5.44. The van der Waals surface area contributed by atoms with E-state index in [2.05, 4.69) is 24.0 Å². The van der Waals surface area contributed by atoms with Crippen LogP contribution in [0.3, 0.4) is 0 Å². The highest BCUT2D eigenvalue weighted by Crippen LogP contribution is 2.41. The first kappa shape index (κ1) is 26.3. The standard InChI is InChI=1S/C30H35N3O4S/c1-18(19-10-7-6-8-11-19)33-17-24-22(26(27(31)38-24)29(35)37-30(2,3)4)14-21(33)16-32-15-20-12-9-13-23(36-5)25(20)28(32)34/h6-13,18,21H,14-17,31H2,1-5H3. The zero-order chi connectivity index (χ0) is 27.2. The van der Waals surface area contributed by atoms with Crippen molar-refractivity contribution in [1.82, 2.24) is 9.80 Å². The maximum absolute atomic E-state index is 13.5. The first-order chi connectivity index (χ1) is 18.1. The molecule has 0 spiro atoms. The van der Waals surface area contributed by atoms with E-state index in [1.54, 1.807) is 7.11 Å². The van der Waals surface area contributed by atoms with Gasteiger partial charge in [-0.2, -0.15) is 0 Å². The molecule has 38 heavy (non-hydrogen) atoms. The minimum atomic E-state index is -0.618. The van der Waals surface area contributed by atoms with Gasteiger partial charge < -0.3 is 20.1 Å². The molecule has 200 valence electrons. The molecule has 2 unspecified atom stereocenters. The van der Waals surface area contributed by atoms with Crippen molar-refractivity contribution in [1.29, 1.82) is 0 Å². The Morgan fingerprint density at radius 2 is 1.87 bits per heavy atom. The fourth-order valence-corrected chi connectivity index (χ4v) is 6.68. The Balaban J connectivity index is 1.49. The second-order valence-electron chi connectivity index (χ2n) is 11.0. The monoisotopic (exact) mass is 533 g/mol. The normalized spacial score (nSPS) is 18.2. The molecule has 2 N–H and O–H groups in total. The number of rotatable bonds is 6. The molecule has 0 saturated carbocycles. The Morgan fingerprint density at radius 3 is 2.55 bits per heavy atom. The Kier molecular flexibility index (Phi) is 6.96. The molecule has 2 atom stereocenters. The molecule has 0 fully saturated rings. The van der Waals surface area contributed by atoms with E-state index < -0.39 is 5.60 Å². The van der Waals surface area contributed by atoms with Crippen molar-refractivity contribution in [2.24, 2.45) is 0 Å². The van der Waals surface area contributed by atoms with Gasteiger partial charge in [-0.1, -0.05) is 42.5 Å². The number of carbonyl (C=O) groups is 2. The first-order valence-electron chi connectivity index (χ1n) is 13.0. The van der Waals surface area contributed by atoms with Crippen molar-refractivity contribution in [2.45, 2.75) is 64.9 Å². The summed E-state index contributed by atoms with van der Waals surface area (Å²) in [5, 5.41) is 0.492. The van der Waals surface area contributed by atoms with Crippen molar-refractivity contribution in [3.63, 3.8) is 0 Å². The third-order valence-electron chi connectivity index (χ3n) is 7.36. The van der Waals surface area contributed by atoms with Gasteiger partial charge in [0.2, 0.25) is 0 Å². The van der Waals surface area contributed by atoms with Crippen LogP contribution in [0.1, 0.15) is 76.0 Å². The van der Waals surface area contributed by atoms with E-state index in [-0.39, 0.29) is 24.0 Å². The Labute approximate surface area is 228 Å². The highest BCUT2D eigenvalue weighted by atomic mass is 32.1. The van der Waals surface area contributed by atoms with Gasteiger partial charge in [0.15, 0.2) is 0 Å². The molecule has 8 heteroatoms. The highest BCUT2D eigenvalue weighted by Gasteiger charge is 2.39. The smallest absolute Gasteiger partial charge is 0.341 e. The maximum atomic E-state index is 13.5. The van der Waals surface area contributed by atoms with Crippen LogP contribution >= 0.6 is 11.3 Å². The van der Waals surface area contributed by atoms with Crippen LogP contribution in [-0.4, -0.2) is 47.0 Å². The molecule has 3 aromatic rings. The van der Waals surface area contributed by atoms with E-state index >= 15 is 0 Å². The van der Waals surface area contributed by atoms with E-state index in [0.717, 1.165) is 16.0 Å². The van der Waals surface area contributed by atoms with E-state index in [1.165, 1.54) is 16.9 Å². The number of anilines is 1. The molecule has 2 aliphatic rings. The quantitative estimate of drug-likeness (QED) is 0.425. The SMILES string of the molecule is COc1cccc2c1C(=O)N(CC1Cc3c(sc(N)c3C(=O)OC(C)(C)C)CN1C(C)c1ccccc1)C2. The molecule has 0 radical (unpaired) electrons. The number of nitrogens with two attached hydrogens (primary N) is 1. The number of ether oxygens (including phenoxy) is 2. The Hall–Kier alpha value is -3.36. The average Bonchev–Trinajstić information content (AvgIpc) is 3.37. The summed E-state index contributed by atoms with van der Waals surface area (Å²) in [6.45, 7) is 9.48. The summed E-state index contributed by atoms with van der Waals surface area (Å²) < 4.78 is 11.2. The van der Waals surface area contributed by atoms with Crippen molar-refractivity contribution in [2.75, 3.05) is 19.4 Å². The van der Waals surface area contributed by atoms with Crippen LogP contribution in [0.25, 0.3) is 0 Å². The van der Waals surface area contributed by atoms with Crippen LogP contribution in [-0.2, 0) is 24.2 Å². The number of hydrogen-bond donors (Lipinski definition) is 1. The lowest BCUT2D eigenvalue weighted by atomic mass is 9.93. The molecule has 2 aliphatic heterocycles. The highest BCUT2D eigenvalue weighted by molar-refractivity contribution is 7.16. The molecule has 2 aromatic carbocycles. The van der Waals surface area contributed by atoms with Gasteiger partial charge in [0.05, 0.1) is 18.2 Å². The second-order valence-corrected chi connectivity index (χ2v) is 12.2. The van der Waals surface area contributed by atoms with Gasteiger partial charge in [-0.25, -0.2) is 4.79 Å². The zero-order valence-electron chi connectivity index (χ0n) is 22.6. The third-order valence-corrected chi connectivity index (χ3v) is 8.41. The number of amides is 1. The largest absolute Gasteiger partial charge is 0.496 e.